The van der Waals surface area contributed by atoms with Gasteiger partial charge in [0.1, 0.15) is 11.5 Å². The van der Waals surface area contributed by atoms with Crippen molar-refractivity contribution in [1.29, 1.82) is 0 Å². The van der Waals surface area contributed by atoms with E-state index in [4.69, 9.17) is 0 Å². The number of nitrogens with one attached hydrogen (secondary N) is 1. The molecular weight excluding hydrogens is 354 g/mol. The zero-order valence-electron chi connectivity index (χ0n) is 15.1. The van der Waals surface area contributed by atoms with Gasteiger partial charge in [-0.2, -0.15) is 0 Å². The molecule has 3 aromatic rings. The van der Waals surface area contributed by atoms with E-state index < -0.39 is 11.7 Å². The van der Waals surface area contributed by atoms with E-state index in [0.29, 0.717) is 17.7 Å². The number of benzene rings is 3. The Labute approximate surface area is 162 Å². The highest BCUT2D eigenvalue weighted by atomic mass is 16.3. The van der Waals surface area contributed by atoms with Gasteiger partial charge in [0, 0.05) is 18.9 Å². The summed E-state index contributed by atoms with van der Waals surface area (Å²) < 4.78 is 0. The van der Waals surface area contributed by atoms with Gasteiger partial charge in [0.15, 0.2) is 0 Å². The fourth-order valence-corrected chi connectivity index (χ4v) is 3.76. The van der Waals surface area contributed by atoms with E-state index in [1.165, 1.54) is 12.1 Å². The van der Waals surface area contributed by atoms with Crippen molar-refractivity contribution in [2.45, 2.75) is 18.9 Å². The van der Waals surface area contributed by atoms with Crippen LogP contribution in [0.1, 0.15) is 45.0 Å². The molecule has 1 amide bonds. The molecule has 0 bridgehead atoms. The molecular formula is C23H19NO4. The van der Waals surface area contributed by atoms with Gasteiger partial charge in [0.25, 0.3) is 0 Å². The third kappa shape index (κ3) is 3.11. The summed E-state index contributed by atoms with van der Waals surface area (Å²) in [5, 5.41) is 23.4. The molecule has 0 aliphatic heterocycles. The molecule has 0 fully saturated rings. The van der Waals surface area contributed by atoms with Crippen LogP contribution in [-0.2, 0) is 11.3 Å². The normalized spacial score (nSPS) is 12.9. The molecule has 0 saturated heterocycles. The van der Waals surface area contributed by atoms with Gasteiger partial charge in [0.05, 0.1) is 11.1 Å². The number of carbonyl (C=O) groups is 2. The number of ketones is 1. The molecule has 0 aromatic heterocycles. The number of phenols is 2. The lowest BCUT2D eigenvalue weighted by Crippen LogP contribution is -2.28. The fourth-order valence-electron chi connectivity index (χ4n) is 3.76. The molecule has 1 aliphatic rings. The molecule has 0 unspecified atom stereocenters. The summed E-state index contributed by atoms with van der Waals surface area (Å²) in [6, 6.07) is 19.3. The second kappa shape index (κ2) is 7.19. The minimum absolute atomic E-state index is 0.104. The summed E-state index contributed by atoms with van der Waals surface area (Å²) in [4.78, 5) is 25.5. The SMILES string of the molecule is O=C(CC1c2cccc(O)c2C(=O)c2c(O)cccc21)NCc1ccccc1. The summed E-state index contributed by atoms with van der Waals surface area (Å²) in [5.41, 5.74) is 2.48. The smallest absolute Gasteiger partial charge is 0.221 e. The first-order valence-corrected chi connectivity index (χ1v) is 9.05. The Hall–Kier alpha value is -3.60. The lowest BCUT2D eigenvalue weighted by Gasteiger charge is -2.28. The van der Waals surface area contributed by atoms with Gasteiger partial charge in [-0.05, 0) is 28.8 Å². The summed E-state index contributed by atoms with van der Waals surface area (Å²) in [6.07, 6.45) is 0.104. The average molecular weight is 373 g/mol. The Kier molecular flexibility index (Phi) is 4.57. The van der Waals surface area contributed by atoms with Gasteiger partial charge >= 0.3 is 0 Å². The Morgan fingerprint density at radius 2 is 1.39 bits per heavy atom. The molecule has 0 saturated carbocycles. The van der Waals surface area contributed by atoms with E-state index in [0.717, 1.165) is 5.56 Å². The predicted octanol–water partition coefficient (Wildman–Crippen LogP) is 3.48. The molecule has 3 N–H and O–H groups in total. The van der Waals surface area contributed by atoms with Crippen molar-refractivity contribution in [1.82, 2.24) is 5.32 Å². The molecule has 0 heterocycles. The van der Waals surface area contributed by atoms with Gasteiger partial charge in [0.2, 0.25) is 11.7 Å². The minimum atomic E-state index is -0.433. The molecule has 4 rings (SSSR count). The van der Waals surface area contributed by atoms with Gasteiger partial charge < -0.3 is 15.5 Å². The summed E-state index contributed by atoms with van der Waals surface area (Å²) in [6.45, 7) is 0.408. The van der Waals surface area contributed by atoms with Crippen molar-refractivity contribution in [3.63, 3.8) is 0 Å². The van der Waals surface area contributed by atoms with Crippen LogP contribution in [0, 0.1) is 0 Å². The van der Waals surface area contributed by atoms with Crippen molar-refractivity contribution in [3.8, 4) is 11.5 Å². The van der Waals surface area contributed by atoms with E-state index >= 15 is 0 Å². The van der Waals surface area contributed by atoms with Crippen molar-refractivity contribution in [2.24, 2.45) is 0 Å². The van der Waals surface area contributed by atoms with Crippen LogP contribution in [0.15, 0.2) is 66.7 Å². The summed E-state index contributed by atoms with van der Waals surface area (Å²) >= 11 is 0. The number of hydrogen-bond donors (Lipinski definition) is 3. The highest BCUT2D eigenvalue weighted by molar-refractivity contribution is 6.16. The first kappa shape index (κ1) is 17.8. The predicted molar refractivity (Wildman–Crippen MR) is 104 cm³/mol. The topological polar surface area (TPSA) is 86.6 Å². The Balaban J connectivity index is 1.66. The molecule has 0 radical (unpaired) electrons. The number of amides is 1. The zero-order chi connectivity index (χ0) is 19.7. The van der Waals surface area contributed by atoms with E-state index in [1.54, 1.807) is 24.3 Å². The third-order valence-corrected chi connectivity index (χ3v) is 5.08. The van der Waals surface area contributed by atoms with Crippen LogP contribution in [-0.4, -0.2) is 21.9 Å². The van der Waals surface area contributed by atoms with Crippen LogP contribution in [0.25, 0.3) is 0 Å². The number of rotatable bonds is 4. The van der Waals surface area contributed by atoms with Crippen LogP contribution in [0.2, 0.25) is 0 Å². The maximum atomic E-state index is 12.9. The van der Waals surface area contributed by atoms with Crippen LogP contribution >= 0.6 is 0 Å². The zero-order valence-corrected chi connectivity index (χ0v) is 15.1. The molecule has 28 heavy (non-hydrogen) atoms. The largest absolute Gasteiger partial charge is 0.507 e. The lowest BCUT2D eigenvalue weighted by atomic mass is 9.75. The van der Waals surface area contributed by atoms with Crippen LogP contribution in [0.3, 0.4) is 0 Å². The number of phenolic OH excluding ortho intramolecular Hbond substituents is 2. The number of carbonyl (C=O) groups excluding carboxylic acids is 2. The van der Waals surface area contributed by atoms with Gasteiger partial charge in [-0.3, -0.25) is 9.59 Å². The van der Waals surface area contributed by atoms with E-state index in [-0.39, 0.29) is 35.0 Å². The van der Waals surface area contributed by atoms with Crippen molar-refractivity contribution >= 4 is 11.7 Å². The number of hydrogen-bond acceptors (Lipinski definition) is 4. The fraction of sp³-hybridized carbons (Fsp3) is 0.130. The number of aromatic hydroxyl groups is 2. The summed E-state index contributed by atoms with van der Waals surface area (Å²) in [7, 11) is 0. The monoisotopic (exact) mass is 373 g/mol. The van der Waals surface area contributed by atoms with E-state index in [9.17, 15) is 19.8 Å². The molecule has 1 aliphatic carbocycles. The second-order valence-electron chi connectivity index (χ2n) is 6.83. The molecule has 3 aromatic carbocycles. The van der Waals surface area contributed by atoms with Crippen molar-refractivity contribution in [2.75, 3.05) is 0 Å². The maximum absolute atomic E-state index is 12.9. The minimum Gasteiger partial charge on any atom is -0.507 e. The molecule has 0 atom stereocenters. The first-order chi connectivity index (χ1) is 13.6. The number of fused-ring (bicyclic) bond motifs is 2. The summed E-state index contributed by atoms with van der Waals surface area (Å²) in [5.74, 6) is -1.33. The van der Waals surface area contributed by atoms with Gasteiger partial charge in [-0.1, -0.05) is 54.6 Å². The quantitative estimate of drug-likeness (QED) is 0.653. The van der Waals surface area contributed by atoms with Crippen molar-refractivity contribution in [3.05, 3.63) is 94.5 Å². The van der Waals surface area contributed by atoms with E-state index in [2.05, 4.69) is 5.32 Å². The maximum Gasteiger partial charge on any atom is 0.221 e. The van der Waals surface area contributed by atoms with Gasteiger partial charge in [-0.15, -0.1) is 0 Å². The lowest BCUT2D eigenvalue weighted by molar-refractivity contribution is -0.121. The average Bonchev–Trinajstić information content (AvgIpc) is 2.70. The van der Waals surface area contributed by atoms with Crippen LogP contribution in [0.5, 0.6) is 11.5 Å². The highest BCUT2D eigenvalue weighted by Crippen LogP contribution is 2.44. The Bertz CT molecular complexity index is 1000. The Morgan fingerprint density at radius 3 is 1.96 bits per heavy atom. The molecule has 140 valence electrons. The van der Waals surface area contributed by atoms with Gasteiger partial charge in [-0.25, -0.2) is 0 Å². The standard InChI is InChI=1S/C23H19NO4/c25-18-10-4-8-15-17(12-20(27)24-13-14-6-2-1-3-7-14)16-9-5-11-19(26)22(16)23(28)21(15)18/h1-11,17,25-26H,12-13H2,(H,24,27). The van der Waals surface area contributed by atoms with Crippen LogP contribution < -0.4 is 5.32 Å². The Morgan fingerprint density at radius 1 is 0.821 bits per heavy atom. The highest BCUT2D eigenvalue weighted by Gasteiger charge is 2.35. The second-order valence-corrected chi connectivity index (χ2v) is 6.83. The van der Waals surface area contributed by atoms with Crippen LogP contribution in [0.4, 0.5) is 0 Å². The van der Waals surface area contributed by atoms with E-state index in [1.807, 2.05) is 30.3 Å². The first-order valence-electron chi connectivity index (χ1n) is 9.05. The third-order valence-electron chi connectivity index (χ3n) is 5.08. The molecule has 5 heteroatoms. The molecule has 0 spiro atoms. The van der Waals surface area contributed by atoms with Crippen molar-refractivity contribution < 1.29 is 19.8 Å². The molecule has 5 nitrogen and oxygen atoms in total.